The Bertz CT molecular complexity index is 1050. The van der Waals surface area contributed by atoms with E-state index in [1.165, 1.54) is 16.7 Å². The molecule has 1 amide bonds. The van der Waals surface area contributed by atoms with E-state index in [1.54, 1.807) is 11.6 Å². The molecular weight excluding hydrogens is 418 g/mol. The van der Waals surface area contributed by atoms with Crippen molar-refractivity contribution in [3.8, 4) is 5.69 Å². The highest BCUT2D eigenvalue weighted by Crippen LogP contribution is 2.54. The molecule has 31 heavy (non-hydrogen) atoms. The largest absolute Gasteiger partial charge is 0.477 e. The molecular formula is C21H23N5O4S. The summed E-state index contributed by atoms with van der Waals surface area (Å²) in [6, 6.07) is 9.36. The fourth-order valence-corrected chi connectivity index (χ4v) is 6.40. The molecule has 2 aliphatic heterocycles. The lowest BCUT2D eigenvalue weighted by molar-refractivity contribution is -0.163. The van der Waals surface area contributed by atoms with E-state index in [0.29, 0.717) is 10.9 Å². The quantitative estimate of drug-likeness (QED) is 0.513. The van der Waals surface area contributed by atoms with Gasteiger partial charge in [0.25, 0.3) is 0 Å². The number of aromatic nitrogens is 4. The molecule has 1 aliphatic carbocycles. The van der Waals surface area contributed by atoms with Gasteiger partial charge in [0.15, 0.2) is 0 Å². The Morgan fingerprint density at radius 1 is 1.29 bits per heavy atom. The molecule has 0 spiro atoms. The van der Waals surface area contributed by atoms with Crippen LogP contribution in [0.2, 0.25) is 0 Å². The second-order valence-corrected chi connectivity index (χ2v) is 9.32. The number of tetrazole rings is 1. The molecule has 1 aromatic carbocycles. The van der Waals surface area contributed by atoms with Gasteiger partial charge in [-0.2, -0.15) is 4.68 Å². The second kappa shape index (κ2) is 7.76. The summed E-state index contributed by atoms with van der Waals surface area (Å²) in [7, 11) is 0. The van der Waals surface area contributed by atoms with Gasteiger partial charge in [-0.05, 0) is 53.8 Å². The first-order valence-corrected chi connectivity index (χ1v) is 11.4. The van der Waals surface area contributed by atoms with Crippen LogP contribution in [0.4, 0.5) is 0 Å². The van der Waals surface area contributed by atoms with Gasteiger partial charge in [0, 0.05) is 11.7 Å². The highest BCUT2D eigenvalue weighted by Gasteiger charge is 2.62. The standard InChI is InChI=1S/C21H23N5O4S/c1-11(27)15-17-14-9-5-6-12(16(14)18(20(29)30)25(17)19(15)28)10-31-21-22-23-24-26(21)13-7-3-2-4-8-13/h2-4,7-8,11-12,14-15,17,27H,5-6,9-10H2,1H3,(H,29,30)/t11-,12-,14+,15-,17-/m1/s1. The van der Waals surface area contributed by atoms with Gasteiger partial charge >= 0.3 is 5.97 Å². The predicted octanol–water partition coefficient (Wildman–Crippen LogP) is 1.73. The summed E-state index contributed by atoms with van der Waals surface area (Å²) in [6.45, 7) is 1.61. The molecule has 2 aromatic rings. The van der Waals surface area contributed by atoms with Crippen LogP contribution in [-0.2, 0) is 9.59 Å². The number of para-hydroxylation sites is 1. The zero-order chi connectivity index (χ0) is 21.7. The molecule has 0 radical (unpaired) electrons. The summed E-state index contributed by atoms with van der Waals surface area (Å²) in [5.41, 5.74) is 1.84. The lowest BCUT2D eigenvalue weighted by atomic mass is 9.70. The number of nitrogens with zero attached hydrogens (tertiary/aromatic N) is 5. The van der Waals surface area contributed by atoms with E-state index in [4.69, 9.17) is 0 Å². The van der Waals surface area contributed by atoms with Crippen LogP contribution >= 0.6 is 11.8 Å². The average Bonchev–Trinajstić information content (AvgIpc) is 3.33. The maximum atomic E-state index is 12.6. The molecule has 162 valence electrons. The number of aliphatic carboxylic acids is 1. The molecule has 9 nitrogen and oxygen atoms in total. The van der Waals surface area contributed by atoms with Crippen molar-refractivity contribution in [1.82, 2.24) is 25.1 Å². The minimum atomic E-state index is -1.06. The lowest BCUT2D eigenvalue weighted by Crippen LogP contribution is -2.64. The minimum absolute atomic E-state index is 0.00660. The summed E-state index contributed by atoms with van der Waals surface area (Å²) in [5, 5.41) is 32.7. The van der Waals surface area contributed by atoms with Crippen LogP contribution in [0.3, 0.4) is 0 Å². The number of carbonyl (C=O) groups is 2. The van der Waals surface area contributed by atoms with Gasteiger partial charge in [-0.1, -0.05) is 36.4 Å². The van der Waals surface area contributed by atoms with Crippen molar-refractivity contribution in [2.24, 2.45) is 17.8 Å². The van der Waals surface area contributed by atoms with Crippen LogP contribution in [0.25, 0.3) is 5.69 Å². The van der Waals surface area contributed by atoms with E-state index < -0.39 is 18.0 Å². The van der Waals surface area contributed by atoms with Gasteiger partial charge in [-0.25, -0.2) is 4.79 Å². The van der Waals surface area contributed by atoms with Crippen molar-refractivity contribution in [1.29, 1.82) is 0 Å². The number of amides is 1. The van der Waals surface area contributed by atoms with Crippen molar-refractivity contribution in [3.05, 3.63) is 41.6 Å². The van der Waals surface area contributed by atoms with Gasteiger partial charge in [-0.15, -0.1) is 5.10 Å². The van der Waals surface area contributed by atoms with Crippen molar-refractivity contribution >= 4 is 23.6 Å². The first-order valence-electron chi connectivity index (χ1n) is 10.4. The van der Waals surface area contributed by atoms with Crippen molar-refractivity contribution in [3.63, 3.8) is 0 Å². The van der Waals surface area contributed by atoms with Gasteiger partial charge in [0.2, 0.25) is 11.1 Å². The van der Waals surface area contributed by atoms with E-state index >= 15 is 0 Å². The zero-order valence-electron chi connectivity index (χ0n) is 17.0. The van der Waals surface area contributed by atoms with Crippen molar-refractivity contribution < 1.29 is 19.8 Å². The predicted molar refractivity (Wildman–Crippen MR) is 111 cm³/mol. The Morgan fingerprint density at radius 2 is 2.06 bits per heavy atom. The Balaban J connectivity index is 1.41. The number of thioether (sulfide) groups is 1. The molecule has 2 N–H and O–H groups in total. The highest BCUT2D eigenvalue weighted by atomic mass is 32.2. The zero-order valence-corrected chi connectivity index (χ0v) is 17.8. The molecule has 5 atom stereocenters. The summed E-state index contributed by atoms with van der Waals surface area (Å²) < 4.78 is 1.67. The average molecular weight is 442 g/mol. The molecule has 10 heteroatoms. The summed E-state index contributed by atoms with van der Waals surface area (Å²) in [4.78, 5) is 26.2. The van der Waals surface area contributed by atoms with E-state index in [9.17, 15) is 19.8 Å². The summed E-state index contributed by atoms with van der Waals surface area (Å²) >= 11 is 1.50. The number of β-lactam (4-membered cyclic amide) rings is 1. The number of aliphatic hydroxyl groups excluding tert-OH is 1. The maximum Gasteiger partial charge on any atom is 0.352 e. The molecule has 1 saturated carbocycles. The molecule has 3 heterocycles. The number of benzene rings is 1. The smallest absolute Gasteiger partial charge is 0.352 e. The molecule has 5 rings (SSSR count). The minimum Gasteiger partial charge on any atom is -0.477 e. The molecule has 0 unspecified atom stereocenters. The number of fused-ring (bicyclic) bond motifs is 3. The van der Waals surface area contributed by atoms with Gasteiger partial charge in [-0.3, -0.25) is 4.79 Å². The number of hydrogen-bond acceptors (Lipinski definition) is 7. The lowest BCUT2D eigenvalue weighted by Gasteiger charge is -2.47. The van der Waals surface area contributed by atoms with Crippen LogP contribution in [0.1, 0.15) is 26.2 Å². The van der Waals surface area contributed by atoms with E-state index in [0.717, 1.165) is 30.5 Å². The SMILES string of the molecule is C[C@@H](O)[C@H]1C(=O)N2C(C(=O)O)=C3[C@@H](CSc4nnnn4-c4ccccc4)CCC[C@@H]3[C@H]12. The van der Waals surface area contributed by atoms with Crippen LogP contribution in [0.5, 0.6) is 0 Å². The highest BCUT2D eigenvalue weighted by molar-refractivity contribution is 7.99. The van der Waals surface area contributed by atoms with Gasteiger partial charge in [0.05, 0.1) is 23.8 Å². The number of aliphatic hydroxyl groups is 1. The Morgan fingerprint density at radius 3 is 2.77 bits per heavy atom. The maximum absolute atomic E-state index is 12.6. The fourth-order valence-electron chi connectivity index (χ4n) is 5.35. The normalized spacial score (nSPS) is 28.2. The molecule has 1 saturated heterocycles. The number of carbonyl (C=O) groups excluding carboxylic acids is 1. The van der Waals surface area contributed by atoms with E-state index in [2.05, 4.69) is 15.5 Å². The van der Waals surface area contributed by atoms with Gasteiger partial charge < -0.3 is 15.1 Å². The third-order valence-electron chi connectivity index (χ3n) is 6.60. The van der Waals surface area contributed by atoms with Crippen LogP contribution < -0.4 is 0 Å². The van der Waals surface area contributed by atoms with Crippen LogP contribution in [0, 0.1) is 17.8 Å². The van der Waals surface area contributed by atoms with E-state index in [-0.39, 0.29) is 29.5 Å². The second-order valence-electron chi connectivity index (χ2n) is 8.33. The van der Waals surface area contributed by atoms with E-state index in [1.807, 2.05) is 30.3 Å². The third-order valence-corrected chi connectivity index (χ3v) is 7.68. The Hall–Kier alpha value is -2.72. The number of hydrogen-bond donors (Lipinski definition) is 2. The first-order chi connectivity index (χ1) is 15.0. The first kappa shape index (κ1) is 20.2. The summed E-state index contributed by atoms with van der Waals surface area (Å²) in [6.07, 6.45) is 1.87. The molecule has 3 aliphatic rings. The Labute approximate surface area is 183 Å². The fraction of sp³-hybridized carbons (Fsp3) is 0.476. The number of rotatable bonds is 6. The third kappa shape index (κ3) is 3.16. The van der Waals surface area contributed by atoms with Crippen molar-refractivity contribution in [2.75, 3.05) is 5.75 Å². The van der Waals surface area contributed by atoms with Crippen LogP contribution in [-0.4, -0.2) is 65.1 Å². The van der Waals surface area contributed by atoms with Crippen LogP contribution in [0.15, 0.2) is 46.8 Å². The van der Waals surface area contributed by atoms with Gasteiger partial charge in [0.1, 0.15) is 5.70 Å². The molecule has 0 bridgehead atoms. The monoisotopic (exact) mass is 441 g/mol. The molecule has 2 fully saturated rings. The molecule has 1 aromatic heterocycles. The topological polar surface area (TPSA) is 121 Å². The Kier molecular flexibility index (Phi) is 5.05. The number of carboxylic acids is 1. The summed E-state index contributed by atoms with van der Waals surface area (Å²) in [5.74, 6) is -1.22. The number of carboxylic acid groups (broad SMARTS) is 1. The van der Waals surface area contributed by atoms with Crippen molar-refractivity contribution in [2.45, 2.75) is 43.5 Å².